The molecule has 0 spiro atoms. The predicted octanol–water partition coefficient (Wildman–Crippen LogP) is 0.0292. The van der Waals surface area contributed by atoms with Crippen molar-refractivity contribution in [2.75, 3.05) is 32.9 Å². The van der Waals surface area contributed by atoms with Crippen LogP contribution in [0, 0.1) is 0 Å². The minimum atomic E-state index is -0.468. The number of aliphatic hydroxyl groups is 1. The fourth-order valence-corrected chi connectivity index (χ4v) is 2.07. The van der Waals surface area contributed by atoms with Crippen molar-refractivity contribution >= 4 is 0 Å². The van der Waals surface area contributed by atoms with Crippen LogP contribution in [0.5, 0.6) is 0 Å². The van der Waals surface area contributed by atoms with Crippen molar-refractivity contribution in [3.8, 4) is 0 Å². The third kappa shape index (κ3) is 5.69. The first-order chi connectivity index (χ1) is 9.34. The summed E-state index contributed by atoms with van der Waals surface area (Å²) in [6.07, 6.45) is 7.40. The molecule has 1 aromatic heterocycles. The van der Waals surface area contributed by atoms with E-state index in [1.165, 1.54) is 0 Å². The molecule has 6 nitrogen and oxygen atoms in total. The number of nitrogens with zero attached hydrogens (tertiary/aromatic N) is 2. The van der Waals surface area contributed by atoms with Gasteiger partial charge in [0.15, 0.2) is 0 Å². The van der Waals surface area contributed by atoms with Crippen molar-refractivity contribution in [3.05, 3.63) is 18.7 Å². The Bertz CT molecular complexity index is 326. The van der Waals surface area contributed by atoms with Gasteiger partial charge in [0.2, 0.25) is 0 Å². The topological polar surface area (TPSA) is 68.5 Å². The molecule has 6 heteroatoms. The van der Waals surface area contributed by atoms with Crippen LogP contribution in [0.2, 0.25) is 0 Å². The summed E-state index contributed by atoms with van der Waals surface area (Å²) in [6.45, 7) is 3.99. The Morgan fingerprint density at radius 2 is 2.53 bits per heavy atom. The third-order valence-electron chi connectivity index (χ3n) is 3.12. The molecule has 1 saturated heterocycles. The summed E-state index contributed by atoms with van der Waals surface area (Å²) in [5, 5.41) is 12.9. The van der Waals surface area contributed by atoms with Crippen LogP contribution in [0.25, 0.3) is 0 Å². The molecule has 2 unspecified atom stereocenters. The number of aromatic nitrogens is 2. The van der Waals surface area contributed by atoms with Crippen LogP contribution in [-0.4, -0.2) is 59.8 Å². The second-order valence-electron chi connectivity index (χ2n) is 4.83. The van der Waals surface area contributed by atoms with Gasteiger partial charge in [0, 0.05) is 38.6 Å². The molecule has 1 aliphatic rings. The van der Waals surface area contributed by atoms with Crippen molar-refractivity contribution in [1.29, 1.82) is 0 Å². The molecule has 1 fully saturated rings. The fourth-order valence-electron chi connectivity index (χ4n) is 2.07. The zero-order valence-electron chi connectivity index (χ0n) is 11.2. The number of aliphatic hydroxyl groups excluding tert-OH is 1. The highest BCUT2D eigenvalue weighted by Crippen LogP contribution is 2.11. The van der Waals surface area contributed by atoms with Crippen LogP contribution in [0.1, 0.15) is 12.8 Å². The molecule has 19 heavy (non-hydrogen) atoms. The molecule has 2 atom stereocenters. The monoisotopic (exact) mass is 269 g/mol. The van der Waals surface area contributed by atoms with E-state index in [-0.39, 0.29) is 6.10 Å². The van der Waals surface area contributed by atoms with Crippen molar-refractivity contribution in [2.45, 2.75) is 31.6 Å². The van der Waals surface area contributed by atoms with Crippen LogP contribution in [0.4, 0.5) is 0 Å². The Kier molecular flexibility index (Phi) is 6.29. The molecule has 2 N–H and O–H groups in total. The molecule has 1 aromatic rings. The number of imidazole rings is 1. The van der Waals surface area contributed by atoms with Crippen LogP contribution >= 0.6 is 0 Å². The summed E-state index contributed by atoms with van der Waals surface area (Å²) in [5.74, 6) is 0. The van der Waals surface area contributed by atoms with E-state index in [2.05, 4.69) is 10.3 Å². The van der Waals surface area contributed by atoms with Gasteiger partial charge in [-0.15, -0.1) is 0 Å². The van der Waals surface area contributed by atoms with E-state index in [1.807, 2.05) is 10.8 Å². The number of nitrogens with one attached hydrogen (secondary N) is 1. The standard InChI is InChI=1S/C13H23N3O3/c17-12(9-18-10-13-2-1-7-19-13)8-14-3-5-16-6-4-15-11-16/h4,6,11-14,17H,1-3,5,7-10H2. The lowest BCUT2D eigenvalue weighted by Crippen LogP contribution is -2.33. The number of hydrogen-bond donors (Lipinski definition) is 2. The maximum absolute atomic E-state index is 9.73. The van der Waals surface area contributed by atoms with Crippen molar-refractivity contribution in [2.24, 2.45) is 0 Å². The SMILES string of the molecule is OC(CNCCn1ccnc1)COCC1CCCO1. The summed E-state index contributed by atoms with van der Waals surface area (Å²) in [7, 11) is 0. The van der Waals surface area contributed by atoms with Crippen molar-refractivity contribution in [1.82, 2.24) is 14.9 Å². The zero-order chi connectivity index (χ0) is 13.3. The molecule has 0 saturated carbocycles. The van der Waals surface area contributed by atoms with E-state index in [0.717, 1.165) is 32.5 Å². The van der Waals surface area contributed by atoms with Crippen molar-refractivity contribution < 1.29 is 14.6 Å². The first-order valence-corrected chi connectivity index (χ1v) is 6.88. The molecular weight excluding hydrogens is 246 g/mol. The molecule has 0 radical (unpaired) electrons. The minimum absolute atomic E-state index is 0.224. The third-order valence-corrected chi connectivity index (χ3v) is 3.12. The summed E-state index contributed by atoms with van der Waals surface area (Å²) in [6, 6.07) is 0. The van der Waals surface area contributed by atoms with E-state index < -0.39 is 6.10 Å². The Labute approximate surface area is 113 Å². The first-order valence-electron chi connectivity index (χ1n) is 6.88. The van der Waals surface area contributed by atoms with Crippen LogP contribution < -0.4 is 5.32 Å². The summed E-state index contributed by atoms with van der Waals surface area (Å²) in [5.41, 5.74) is 0. The van der Waals surface area contributed by atoms with Crippen LogP contribution in [0.15, 0.2) is 18.7 Å². The summed E-state index contributed by atoms with van der Waals surface area (Å²) >= 11 is 0. The lowest BCUT2D eigenvalue weighted by molar-refractivity contribution is -0.0164. The Morgan fingerprint density at radius 1 is 1.58 bits per heavy atom. The second kappa shape index (κ2) is 8.27. The molecular formula is C13H23N3O3. The first kappa shape index (κ1) is 14.5. The van der Waals surface area contributed by atoms with Crippen LogP contribution in [-0.2, 0) is 16.0 Å². The van der Waals surface area contributed by atoms with E-state index in [4.69, 9.17) is 9.47 Å². The van der Waals surface area contributed by atoms with Gasteiger partial charge in [-0.3, -0.25) is 0 Å². The molecule has 2 heterocycles. The van der Waals surface area contributed by atoms with E-state index in [9.17, 15) is 5.11 Å². The van der Waals surface area contributed by atoms with Gasteiger partial charge in [0.05, 0.1) is 31.7 Å². The molecule has 0 aliphatic carbocycles. The van der Waals surface area contributed by atoms with Crippen molar-refractivity contribution in [3.63, 3.8) is 0 Å². The second-order valence-corrected chi connectivity index (χ2v) is 4.83. The van der Waals surface area contributed by atoms with Gasteiger partial charge in [0.1, 0.15) is 0 Å². The van der Waals surface area contributed by atoms with E-state index in [1.54, 1.807) is 12.5 Å². The lowest BCUT2D eigenvalue weighted by atomic mass is 10.2. The van der Waals surface area contributed by atoms with Gasteiger partial charge in [-0.25, -0.2) is 4.98 Å². The number of rotatable bonds is 9. The quantitative estimate of drug-likeness (QED) is 0.619. The molecule has 2 rings (SSSR count). The summed E-state index contributed by atoms with van der Waals surface area (Å²) in [4.78, 5) is 3.97. The Morgan fingerprint density at radius 3 is 3.26 bits per heavy atom. The molecule has 0 amide bonds. The van der Waals surface area contributed by atoms with Gasteiger partial charge in [-0.2, -0.15) is 0 Å². The molecule has 108 valence electrons. The van der Waals surface area contributed by atoms with Crippen LogP contribution in [0.3, 0.4) is 0 Å². The van der Waals surface area contributed by atoms with Gasteiger partial charge in [-0.05, 0) is 12.8 Å². The normalized spacial score (nSPS) is 20.8. The minimum Gasteiger partial charge on any atom is -0.389 e. The summed E-state index contributed by atoms with van der Waals surface area (Å²) < 4.78 is 12.9. The van der Waals surface area contributed by atoms with Gasteiger partial charge >= 0.3 is 0 Å². The molecule has 1 aliphatic heterocycles. The average molecular weight is 269 g/mol. The highest BCUT2D eigenvalue weighted by molar-refractivity contribution is 4.74. The average Bonchev–Trinajstić information content (AvgIpc) is 3.07. The van der Waals surface area contributed by atoms with Gasteiger partial charge < -0.3 is 24.5 Å². The number of hydrogen-bond acceptors (Lipinski definition) is 5. The van der Waals surface area contributed by atoms with Gasteiger partial charge in [-0.1, -0.05) is 0 Å². The largest absolute Gasteiger partial charge is 0.389 e. The maximum Gasteiger partial charge on any atom is 0.0946 e. The highest BCUT2D eigenvalue weighted by Gasteiger charge is 2.15. The maximum atomic E-state index is 9.73. The smallest absolute Gasteiger partial charge is 0.0946 e. The number of ether oxygens (including phenoxy) is 2. The Balaban J connectivity index is 1.44. The molecule has 0 bridgehead atoms. The highest BCUT2D eigenvalue weighted by atomic mass is 16.5. The zero-order valence-corrected chi connectivity index (χ0v) is 11.2. The predicted molar refractivity (Wildman–Crippen MR) is 70.9 cm³/mol. The lowest BCUT2D eigenvalue weighted by Gasteiger charge is -2.14. The fraction of sp³-hybridized carbons (Fsp3) is 0.769. The molecule has 0 aromatic carbocycles. The Hall–Kier alpha value is -0.950. The van der Waals surface area contributed by atoms with E-state index in [0.29, 0.717) is 19.8 Å². The van der Waals surface area contributed by atoms with Gasteiger partial charge in [0.25, 0.3) is 0 Å². The van der Waals surface area contributed by atoms with E-state index >= 15 is 0 Å².